The molecule has 0 radical (unpaired) electrons. The number of carbonyl (C=O) groups is 1. The molecule has 4 N–H and O–H groups in total. The molecule has 0 aliphatic heterocycles. The van der Waals surface area contributed by atoms with E-state index in [1.54, 1.807) is 22.9 Å². The summed E-state index contributed by atoms with van der Waals surface area (Å²) in [6.45, 7) is 9.61. The van der Waals surface area contributed by atoms with E-state index in [2.05, 4.69) is 29.6 Å². The number of nitrogens with zero attached hydrogens (tertiary/aromatic N) is 2. The first kappa shape index (κ1) is 18.6. The number of hydrogen-bond donors (Lipinski definition) is 3. The predicted molar refractivity (Wildman–Crippen MR) is 101 cm³/mol. The van der Waals surface area contributed by atoms with E-state index in [0.29, 0.717) is 17.1 Å². The van der Waals surface area contributed by atoms with E-state index in [0.717, 1.165) is 11.4 Å². The van der Waals surface area contributed by atoms with Gasteiger partial charge in [-0.3, -0.25) is 10.00 Å². The van der Waals surface area contributed by atoms with Gasteiger partial charge < -0.3 is 15.8 Å². The highest BCUT2D eigenvalue weighted by Crippen LogP contribution is 2.30. The molecule has 7 heteroatoms. The molecule has 0 unspecified atom stereocenters. The van der Waals surface area contributed by atoms with Gasteiger partial charge >= 0.3 is 6.09 Å². The van der Waals surface area contributed by atoms with E-state index in [4.69, 9.17) is 10.5 Å². The van der Waals surface area contributed by atoms with Crippen molar-refractivity contribution >= 4 is 28.8 Å². The van der Waals surface area contributed by atoms with Crippen LogP contribution in [0.25, 0.3) is 0 Å². The summed E-state index contributed by atoms with van der Waals surface area (Å²) in [7, 11) is 1.88. The number of amides is 1. The minimum absolute atomic E-state index is 0.271. The van der Waals surface area contributed by atoms with Crippen LogP contribution in [-0.4, -0.2) is 21.5 Å². The average molecular weight is 345 g/mol. The number of nitrogens with two attached hydrogens (primary N) is 1. The molecule has 0 fully saturated rings. The highest BCUT2D eigenvalue weighted by molar-refractivity contribution is 5.87. The van der Waals surface area contributed by atoms with Crippen LogP contribution in [0.1, 0.15) is 46.2 Å². The summed E-state index contributed by atoms with van der Waals surface area (Å²) in [6.07, 6.45) is 1.40. The summed E-state index contributed by atoms with van der Waals surface area (Å²) in [5.41, 5.74) is 9.23. The van der Waals surface area contributed by atoms with Crippen molar-refractivity contribution in [2.75, 3.05) is 16.4 Å². The monoisotopic (exact) mass is 345 g/mol. The maximum atomic E-state index is 11.9. The average Bonchev–Trinajstić information content (AvgIpc) is 2.81. The lowest BCUT2D eigenvalue weighted by Gasteiger charge is -2.20. The lowest BCUT2D eigenvalue weighted by atomic mass is 10.1. The maximum Gasteiger partial charge on any atom is 0.412 e. The van der Waals surface area contributed by atoms with Crippen molar-refractivity contribution in [3.8, 4) is 0 Å². The summed E-state index contributed by atoms with van der Waals surface area (Å²) in [6, 6.07) is 5.24. The normalized spacial score (nSPS) is 11.5. The molecule has 0 atom stereocenters. The first-order valence-corrected chi connectivity index (χ1v) is 8.25. The summed E-state index contributed by atoms with van der Waals surface area (Å²) in [5, 5.41) is 10.5. The number of aryl methyl sites for hydroxylation is 1. The zero-order valence-electron chi connectivity index (χ0n) is 15.7. The largest absolute Gasteiger partial charge is 0.444 e. The number of nitrogen functional groups attached to an aromatic ring is 1. The summed E-state index contributed by atoms with van der Waals surface area (Å²) in [5.74, 6) is 0.271. The molecule has 1 amide bonds. The predicted octanol–water partition coefficient (Wildman–Crippen LogP) is 4.22. The molecular weight excluding hydrogens is 318 g/mol. The zero-order valence-corrected chi connectivity index (χ0v) is 15.7. The minimum atomic E-state index is -0.555. The van der Waals surface area contributed by atoms with Crippen molar-refractivity contribution in [1.82, 2.24) is 9.78 Å². The van der Waals surface area contributed by atoms with Crippen molar-refractivity contribution in [2.45, 2.75) is 46.1 Å². The van der Waals surface area contributed by atoms with Crippen LogP contribution in [0.2, 0.25) is 0 Å². The molecule has 1 heterocycles. The zero-order chi connectivity index (χ0) is 18.8. The quantitative estimate of drug-likeness (QED) is 0.721. The van der Waals surface area contributed by atoms with Crippen LogP contribution in [0.15, 0.2) is 24.4 Å². The Kier molecular flexibility index (Phi) is 5.25. The van der Waals surface area contributed by atoms with Crippen molar-refractivity contribution < 1.29 is 9.53 Å². The van der Waals surface area contributed by atoms with Gasteiger partial charge in [-0.25, -0.2) is 4.79 Å². The smallest absolute Gasteiger partial charge is 0.412 e. The molecule has 1 aromatic heterocycles. The van der Waals surface area contributed by atoms with Gasteiger partial charge in [0.05, 0.1) is 22.8 Å². The number of rotatable bonds is 4. The third kappa shape index (κ3) is 5.14. The van der Waals surface area contributed by atoms with Gasteiger partial charge in [0.25, 0.3) is 0 Å². The van der Waals surface area contributed by atoms with Crippen LogP contribution in [-0.2, 0) is 11.8 Å². The van der Waals surface area contributed by atoms with Crippen LogP contribution in [0, 0.1) is 0 Å². The minimum Gasteiger partial charge on any atom is -0.444 e. The van der Waals surface area contributed by atoms with Gasteiger partial charge in [0, 0.05) is 18.9 Å². The Labute approximate surface area is 148 Å². The van der Waals surface area contributed by atoms with E-state index in [-0.39, 0.29) is 5.92 Å². The van der Waals surface area contributed by atoms with Crippen LogP contribution >= 0.6 is 0 Å². The second-order valence-corrected chi connectivity index (χ2v) is 7.31. The third-order valence-corrected chi connectivity index (χ3v) is 3.37. The molecule has 0 bridgehead atoms. The van der Waals surface area contributed by atoms with Crippen molar-refractivity contribution in [1.29, 1.82) is 0 Å². The van der Waals surface area contributed by atoms with Gasteiger partial charge in [0.1, 0.15) is 5.60 Å². The van der Waals surface area contributed by atoms with Crippen LogP contribution < -0.4 is 16.4 Å². The highest BCUT2D eigenvalue weighted by atomic mass is 16.6. The lowest BCUT2D eigenvalue weighted by Crippen LogP contribution is -2.27. The van der Waals surface area contributed by atoms with Gasteiger partial charge in [-0.15, -0.1) is 0 Å². The molecule has 0 saturated heterocycles. The molecule has 0 aliphatic rings. The summed E-state index contributed by atoms with van der Waals surface area (Å²) >= 11 is 0. The highest BCUT2D eigenvalue weighted by Gasteiger charge is 2.17. The van der Waals surface area contributed by atoms with Gasteiger partial charge in [-0.05, 0) is 44.9 Å². The van der Waals surface area contributed by atoms with E-state index >= 15 is 0 Å². The van der Waals surface area contributed by atoms with Gasteiger partial charge in [0.2, 0.25) is 0 Å². The lowest BCUT2D eigenvalue weighted by molar-refractivity contribution is 0.0636. The second-order valence-electron chi connectivity index (χ2n) is 7.31. The van der Waals surface area contributed by atoms with Crippen LogP contribution in [0.3, 0.4) is 0 Å². The molecular formula is C18H27N5O2. The number of anilines is 4. The van der Waals surface area contributed by atoms with Gasteiger partial charge in [-0.2, -0.15) is 5.10 Å². The number of nitrogens with one attached hydrogen (secondary N) is 2. The second kappa shape index (κ2) is 7.04. The Morgan fingerprint density at radius 2 is 1.96 bits per heavy atom. The first-order valence-electron chi connectivity index (χ1n) is 8.25. The van der Waals surface area contributed by atoms with E-state index < -0.39 is 11.7 Å². The maximum absolute atomic E-state index is 11.9. The standard InChI is InChI=1S/C18H27N5O2/c1-11(2)16-15(10-23(6)22-16)21-14-9-12(7-8-13(14)19)20-17(24)25-18(3,4)5/h7-11,21H,19H2,1-6H3,(H,20,24). The summed E-state index contributed by atoms with van der Waals surface area (Å²) < 4.78 is 7.03. The van der Waals surface area contributed by atoms with E-state index in [1.165, 1.54) is 0 Å². The molecule has 7 nitrogen and oxygen atoms in total. The fourth-order valence-corrected chi connectivity index (χ4v) is 2.34. The molecule has 1 aromatic carbocycles. The topological polar surface area (TPSA) is 94.2 Å². The SMILES string of the molecule is CC(C)c1nn(C)cc1Nc1cc(NC(=O)OC(C)(C)C)ccc1N. The number of ether oxygens (including phenoxy) is 1. The fourth-order valence-electron chi connectivity index (χ4n) is 2.34. The Morgan fingerprint density at radius 3 is 2.56 bits per heavy atom. The van der Waals surface area contributed by atoms with Crippen molar-refractivity contribution in [2.24, 2.45) is 7.05 Å². The first-order chi connectivity index (χ1) is 11.5. The molecule has 0 aliphatic carbocycles. The van der Waals surface area contributed by atoms with Crippen LogP contribution in [0.5, 0.6) is 0 Å². The molecule has 0 saturated carbocycles. The van der Waals surface area contributed by atoms with Gasteiger partial charge in [-0.1, -0.05) is 13.8 Å². The number of benzene rings is 1. The Balaban J connectivity index is 2.21. The summed E-state index contributed by atoms with van der Waals surface area (Å²) in [4.78, 5) is 11.9. The Bertz CT molecular complexity index is 759. The number of aromatic nitrogens is 2. The number of hydrogen-bond acceptors (Lipinski definition) is 5. The Hall–Kier alpha value is -2.70. The van der Waals surface area contributed by atoms with Crippen LogP contribution in [0.4, 0.5) is 27.5 Å². The molecule has 25 heavy (non-hydrogen) atoms. The van der Waals surface area contributed by atoms with E-state index in [9.17, 15) is 4.79 Å². The Morgan fingerprint density at radius 1 is 1.28 bits per heavy atom. The molecule has 0 spiro atoms. The van der Waals surface area contributed by atoms with E-state index in [1.807, 2.05) is 34.0 Å². The molecule has 2 aromatic rings. The number of carbonyl (C=O) groups excluding carboxylic acids is 1. The van der Waals surface area contributed by atoms with Gasteiger partial charge in [0.15, 0.2) is 0 Å². The molecule has 2 rings (SSSR count). The molecule has 136 valence electrons. The van der Waals surface area contributed by atoms with Crippen molar-refractivity contribution in [3.63, 3.8) is 0 Å². The third-order valence-electron chi connectivity index (χ3n) is 3.37. The van der Waals surface area contributed by atoms with Crippen molar-refractivity contribution in [3.05, 3.63) is 30.1 Å². The fraction of sp³-hybridized carbons (Fsp3) is 0.444.